The fourth-order valence-corrected chi connectivity index (χ4v) is 2.97. The van der Waals surface area contributed by atoms with Crippen molar-refractivity contribution in [1.82, 2.24) is 0 Å². The molecular formula is C17H18N2O3S. The van der Waals surface area contributed by atoms with Crippen LogP contribution in [0.4, 0.5) is 11.4 Å². The van der Waals surface area contributed by atoms with E-state index in [2.05, 4.69) is 5.32 Å². The average Bonchev–Trinajstić information content (AvgIpc) is 2.54. The van der Waals surface area contributed by atoms with Crippen LogP contribution in [0.2, 0.25) is 0 Å². The Kier molecular flexibility index (Phi) is 5.76. The number of non-ortho nitro benzene ring substituents is 1. The van der Waals surface area contributed by atoms with Gasteiger partial charge in [0.2, 0.25) is 5.91 Å². The number of amides is 1. The number of hydrogen-bond acceptors (Lipinski definition) is 4. The van der Waals surface area contributed by atoms with Gasteiger partial charge < -0.3 is 5.32 Å². The lowest BCUT2D eigenvalue weighted by molar-refractivity contribution is -0.384. The first-order chi connectivity index (χ1) is 11.0. The number of hydrogen-bond donors (Lipinski definition) is 1. The number of carbonyl (C=O) groups is 1. The second-order valence-corrected chi connectivity index (χ2v) is 6.51. The van der Waals surface area contributed by atoms with Gasteiger partial charge >= 0.3 is 0 Å². The number of benzene rings is 2. The van der Waals surface area contributed by atoms with E-state index < -0.39 is 4.92 Å². The van der Waals surface area contributed by atoms with Crippen molar-refractivity contribution in [2.24, 2.45) is 0 Å². The van der Waals surface area contributed by atoms with Gasteiger partial charge in [0.1, 0.15) is 0 Å². The van der Waals surface area contributed by atoms with E-state index in [-0.39, 0.29) is 16.8 Å². The van der Waals surface area contributed by atoms with Crippen molar-refractivity contribution in [1.29, 1.82) is 0 Å². The molecule has 0 bridgehead atoms. The van der Waals surface area contributed by atoms with E-state index in [0.29, 0.717) is 5.69 Å². The Morgan fingerprint density at radius 2 is 2.00 bits per heavy atom. The van der Waals surface area contributed by atoms with E-state index in [9.17, 15) is 14.9 Å². The molecular weight excluding hydrogens is 312 g/mol. The third-order valence-electron chi connectivity index (χ3n) is 3.44. The van der Waals surface area contributed by atoms with Gasteiger partial charge in [-0.1, -0.05) is 30.3 Å². The maximum Gasteiger partial charge on any atom is 0.271 e. The normalized spacial score (nSPS) is 11.7. The zero-order chi connectivity index (χ0) is 16.8. The molecule has 2 rings (SSSR count). The van der Waals surface area contributed by atoms with Crippen LogP contribution in [0.5, 0.6) is 0 Å². The summed E-state index contributed by atoms with van der Waals surface area (Å²) in [6.45, 7) is 3.87. The number of nitrogens with zero attached hydrogens (tertiary/aromatic N) is 1. The number of nitrogens with one attached hydrogen (secondary N) is 1. The molecule has 6 heteroatoms. The van der Waals surface area contributed by atoms with E-state index in [1.807, 2.05) is 38.1 Å². The average molecular weight is 330 g/mol. The summed E-state index contributed by atoms with van der Waals surface area (Å²) >= 11 is 1.54. The van der Waals surface area contributed by atoms with Gasteiger partial charge in [-0.15, -0.1) is 11.8 Å². The fraction of sp³-hybridized carbons (Fsp3) is 0.235. The number of thioether (sulfide) groups is 1. The highest BCUT2D eigenvalue weighted by Gasteiger charge is 2.15. The Morgan fingerprint density at radius 1 is 1.26 bits per heavy atom. The van der Waals surface area contributed by atoms with Crippen LogP contribution in [0.25, 0.3) is 0 Å². The standard InChI is InChI=1S/C17H18N2O3S/c1-12-6-3-4-7-14(12)11-23-13(2)17(20)18-15-8-5-9-16(10-15)19(21)22/h3-10,13H,11H2,1-2H3,(H,18,20). The van der Waals surface area contributed by atoms with Crippen molar-refractivity contribution in [2.45, 2.75) is 24.9 Å². The predicted octanol–water partition coefficient (Wildman–Crippen LogP) is 4.16. The molecule has 0 heterocycles. The second-order valence-electron chi connectivity index (χ2n) is 5.18. The molecule has 0 aliphatic heterocycles. The summed E-state index contributed by atoms with van der Waals surface area (Å²) in [6.07, 6.45) is 0. The topological polar surface area (TPSA) is 72.2 Å². The van der Waals surface area contributed by atoms with Crippen molar-refractivity contribution in [3.05, 3.63) is 69.8 Å². The van der Waals surface area contributed by atoms with Crippen LogP contribution in [0.1, 0.15) is 18.1 Å². The molecule has 0 spiro atoms. The highest BCUT2D eigenvalue weighted by molar-refractivity contribution is 7.99. The lowest BCUT2D eigenvalue weighted by Gasteiger charge is -2.13. The number of rotatable bonds is 6. The Morgan fingerprint density at radius 3 is 2.70 bits per heavy atom. The molecule has 2 aromatic carbocycles. The van der Waals surface area contributed by atoms with Gasteiger partial charge in [0.15, 0.2) is 0 Å². The van der Waals surface area contributed by atoms with E-state index >= 15 is 0 Å². The van der Waals surface area contributed by atoms with Crippen molar-refractivity contribution in [2.75, 3.05) is 5.32 Å². The SMILES string of the molecule is Cc1ccccc1CSC(C)C(=O)Nc1cccc([N+](=O)[O-])c1. The first kappa shape index (κ1) is 17.0. The zero-order valence-electron chi connectivity index (χ0n) is 13.0. The molecule has 1 N–H and O–H groups in total. The lowest BCUT2D eigenvalue weighted by Crippen LogP contribution is -2.22. The minimum atomic E-state index is -0.480. The molecule has 0 aliphatic rings. The Bertz CT molecular complexity index is 718. The molecule has 0 fully saturated rings. The second kappa shape index (κ2) is 7.78. The molecule has 1 amide bonds. The minimum Gasteiger partial charge on any atom is -0.325 e. The summed E-state index contributed by atoms with van der Waals surface area (Å²) in [6, 6.07) is 14.0. The fourth-order valence-electron chi connectivity index (χ4n) is 2.00. The zero-order valence-corrected chi connectivity index (χ0v) is 13.8. The van der Waals surface area contributed by atoms with Crippen LogP contribution in [-0.4, -0.2) is 16.1 Å². The molecule has 5 nitrogen and oxygen atoms in total. The Balaban J connectivity index is 1.94. The highest BCUT2D eigenvalue weighted by Crippen LogP contribution is 2.22. The van der Waals surface area contributed by atoms with E-state index in [0.717, 1.165) is 5.75 Å². The van der Waals surface area contributed by atoms with Crippen molar-refractivity contribution >= 4 is 29.0 Å². The van der Waals surface area contributed by atoms with Gasteiger partial charge in [0.25, 0.3) is 5.69 Å². The van der Waals surface area contributed by atoms with E-state index in [4.69, 9.17) is 0 Å². The minimum absolute atomic E-state index is 0.0389. The number of anilines is 1. The summed E-state index contributed by atoms with van der Waals surface area (Å²) in [7, 11) is 0. The molecule has 1 atom stereocenters. The summed E-state index contributed by atoms with van der Waals surface area (Å²) in [5, 5.41) is 13.2. The summed E-state index contributed by atoms with van der Waals surface area (Å²) in [4.78, 5) is 22.5. The third kappa shape index (κ3) is 4.82. The molecule has 0 saturated carbocycles. The maximum absolute atomic E-state index is 12.2. The van der Waals surface area contributed by atoms with Gasteiger partial charge in [-0.2, -0.15) is 0 Å². The van der Waals surface area contributed by atoms with Crippen molar-refractivity contribution < 1.29 is 9.72 Å². The first-order valence-corrected chi connectivity index (χ1v) is 8.23. The number of aryl methyl sites for hydroxylation is 1. The van der Waals surface area contributed by atoms with E-state index in [1.54, 1.807) is 12.1 Å². The maximum atomic E-state index is 12.2. The van der Waals surface area contributed by atoms with Crippen LogP contribution in [0, 0.1) is 17.0 Å². The van der Waals surface area contributed by atoms with Gasteiger partial charge in [0, 0.05) is 23.6 Å². The molecule has 0 saturated heterocycles. The summed E-state index contributed by atoms with van der Waals surface area (Å²) in [5.41, 5.74) is 2.80. The number of carbonyl (C=O) groups excluding carboxylic acids is 1. The summed E-state index contributed by atoms with van der Waals surface area (Å²) in [5.74, 6) is 0.583. The van der Waals surface area contributed by atoms with Gasteiger partial charge in [-0.05, 0) is 31.0 Å². The third-order valence-corrected chi connectivity index (χ3v) is 4.64. The molecule has 120 valence electrons. The molecule has 0 aliphatic carbocycles. The van der Waals surface area contributed by atoms with Crippen molar-refractivity contribution in [3.8, 4) is 0 Å². The Labute approximate surface area is 139 Å². The smallest absolute Gasteiger partial charge is 0.271 e. The quantitative estimate of drug-likeness (QED) is 0.637. The van der Waals surface area contributed by atoms with Crippen LogP contribution < -0.4 is 5.32 Å². The Hall–Kier alpha value is -2.34. The lowest BCUT2D eigenvalue weighted by atomic mass is 10.1. The van der Waals surface area contributed by atoms with Gasteiger partial charge in [-0.25, -0.2) is 0 Å². The van der Waals surface area contributed by atoms with Crippen LogP contribution in [0.15, 0.2) is 48.5 Å². The monoisotopic (exact) mass is 330 g/mol. The van der Waals surface area contributed by atoms with Crippen LogP contribution >= 0.6 is 11.8 Å². The first-order valence-electron chi connectivity index (χ1n) is 7.19. The van der Waals surface area contributed by atoms with Crippen LogP contribution in [0.3, 0.4) is 0 Å². The summed E-state index contributed by atoms with van der Waals surface area (Å²) < 4.78 is 0. The molecule has 1 unspecified atom stereocenters. The number of nitro groups is 1. The van der Waals surface area contributed by atoms with E-state index in [1.165, 1.54) is 35.0 Å². The van der Waals surface area contributed by atoms with Crippen molar-refractivity contribution in [3.63, 3.8) is 0 Å². The molecule has 2 aromatic rings. The highest BCUT2D eigenvalue weighted by atomic mass is 32.2. The number of nitro benzene ring substituents is 1. The van der Waals surface area contributed by atoms with Gasteiger partial charge in [0.05, 0.1) is 10.2 Å². The largest absolute Gasteiger partial charge is 0.325 e. The van der Waals surface area contributed by atoms with Gasteiger partial charge in [-0.3, -0.25) is 14.9 Å². The molecule has 0 aromatic heterocycles. The molecule has 23 heavy (non-hydrogen) atoms. The van der Waals surface area contributed by atoms with Crippen LogP contribution in [-0.2, 0) is 10.5 Å². The predicted molar refractivity (Wildman–Crippen MR) is 93.7 cm³/mol. The molecule has 0 radical (unpaired) electrons.